The number of anilines is 1. The van der Waals surface area contributed by atoms with Gasteiger partial charge in [-0.05, 0) is 31.6 Å². The number of pyridine rings is 1. The molecule has 0 spiro atoms. The molecule has 1 aliphatic heterocycles. The summed E-state index contributed by atoms with van der Waals surface area (Å²) >= 11 is 0. The first kappa shape index (κ1) is 11.3. The highest BCUT2D eigenvalue weighted by molar-refractivity contribution is 6.04. The minimum absolute atomic E-state index is 0.0978. The van der Waals surface area contributed by atoms with Crippen LogP contribution in [0.2, 0.25) is 0 Å². The van der Waals surface area contributed by atoms with E-state index in [1.807, 2.05) is 0 Å². The Balaban J connectivity index is 2.42. The van der Waals surface area contributed by atoms with E-state index in [1.54, 1.807) is 19.9 Å². The number of carboxylic acid groups (broad SMARTS) is 1. The summed E-state index contributed by atoms with van der Waals surface area (Å²) in [6.45, 7) is 3.61. The quantitative estimate of drug-likeness (QED) is 0.755. The van der Waals surface area contributed by atoms with Gasteiger partial charge in [-0.15, -0.1) is 0 Å². The molecule has 0 atom stereocenters. The van der Waals surface area contributed by atoms with E-state index in [1.165, 1.54) is 12.3 Å². The molecule has 0 saturated heterocycles. The number of rotatable bonds is 2. The Morgan fingerprint density at radius 2 is 2.24 bits per heavy atom. The molecular formula is C12H12N2O3. The second kappa shape index (κ2) is 3.69. The summed E-state index contributed by atoms with van der Waals surface area (Å²) in [6, 6.07) is 1.78. The van der Waals surface area contributed by atoms with Gasteiger partial charge in [-0.1, -0.05) is 0 Å². The van der Waals surface area contributed by atoms with Gasteiger partial charge in [-0.25, -0.2) is 9.78 Å². The van der Waals surface area contributed by atoms with Gasteiger partial charge >= 0.3 is 5.97 Å². The molecule has 5 heteroatoms. The van der Waals surface area contributed by atoms with Gasteiger partial charge in [0.25, 0.3) is 0 Å². The molecule has 0 aromatic carbocycles. The lowest BCUT2D eigenvalue weighted by Crippen LogP contribution is -2.26. The number of aromatic nitrogens is 1. The highest BCUT2D eigenvalue weighted by Gasteiger charge is 2.39. The molecule has 1 aromatic heterocycles. The largest absolute Gasteiger partial charge is 0.478 e. The first-order valence-corrected chi connectivity index (χ1v) is 5.14. The fourth-order valence-electron chi connectivity index (χ4n) is 1.70. The van der Waals surface area contributed by atoms with E-state index >= 15 is 0 Å². The van der Waals surface area contributed by atoms with Gasteiger partial charge in [-0.2, -0.15) is 0 Å². The number of amides is 1. The molecule has 0 radical (unpaired) electrons. The first-order chi connectivity index (χ1) is 7.91. The van der Waals surface area contributed by atoms with Crippen LogP contribution in [0.15, 0.2) is 18.3 Å². The Bertz CT molecular complexity index is 533. The maximum Gasteiger partial charge on any atom is 0.328 e. The summed E-state index contributed by atoms with van der Waals surface area (Å²) in [5.74, 6) is -0.564. The highest BCUT2D eigenvalue weighted by atomic mass is 16.4. The van der Waals surface area contributed by atoms with E-state index in [0.29, 0.717) is 11.4 Å². The Kier molecular flexibility index (Phi) is 2.46. The van der Waals surface area contributed by atoms with Crippen molar-refractivity contribution in [3.63, 3.8) is 0 Å². The third-order valence-corrected chi connectivity index (χ3v) is 2.80. The van der Waals surface area contributed by atoms with Crippen molar-refractivity contribution in [2.24, 2.45) is 0 Å². The Morgan fingerprint density at radius 1 is 1.53 bits per heavy atom. The molecule has 2 N–H and O–H groups in total. The van der Waals surface area contributed by atoms with Crippen LogP contribution in [0.5, 0.6) is 0 Å². The van der Waals surface area contributed by atoms with Gasteiger partial charge in [0.05, 0.1) is 5.41 Å². The highest BCUT2D eigenvalue weighted by Crippen LogP contribution is 2.36. The standard InChI is InChI=1S/C12H12N2O3/c1-12(2)8-5-7(3-4-9(15)16)6-13-10(8)14-11(12)17/h3-6H,1-2H3,(H,15,16)(H,13,14,17)/b4-3+. The van der Waals surface area contributed by atoms with Crippen LogP contribution in [0, 0.1) is 0 Å². The predicted molar refractivity (Wildman–Crippen MR) is 62.6 cm³/mol. The van der Waals surface area contributed by atoms with Crippen molar-refractivity contribution >= 4 is 23.8 Å². The van der Waals surface area contributed by atoms with Crippen LogP contribution in [0.4, 0.5) is 5.82 Å². The summed E-state index contributed by atoms with van der Waals surface area (Å²) in [6.07, 6.45) is 4.02. The lowest BCUT2D eigenvalue weighted by molar-refractivity contribution is -0.131. The summed E-state index contributed by atoms with van der Waals surface area (Å²) in [7, 11) is 0. The van der Waals surface area contributed by atoms with Gasteiger partial charge in [0.2, 0.25) is 5.91 Å². The molecule has 2 rings (SSSR count). The molecule has 17 heavy (non-hydrogen) atoms. The average molecular weight is 232 g/mol. The minimum atomic E-state index is -1.01. The fourth-order valence-corrected chi connectivity index (χ4v) is 1.70. The monoisotopic (exact) mass is 232 g/mol. The first-order valence-electron chi connectivity index (χ1n) is 5.14. The van der Waals surface area contributed by atoms with Crippen LogP contribution in [-0.2, 0) is 15.0 Å². The van der Waals surface area contributed by atoms with Gasteiger partial charge < -0.3 is 10.4 Å². The minimum Gasteiger partial charge on any atom is -0.478 e. The topological polar surface area (TPSA) is 79.3 Å². The maximum atomic E-state index is 11.7. The van der Waals surface area contributed by atoms with Crippen LogP contribution >= 0.6 is 0 Å². The maximum absolute atomic E-state index is 11.7. The molecule has 0 aliphatic carbocycles. The number of nitrogens with zero attached hydrogens (tertiary/aromatic N) is 1. The van der Waals surface area contributed by atoms with Gasteiger partial charge in [0, 0.05) is 17.8 Å². The lowest BCUT2D eigenvalue weighted by atomic mass is 9.86. The Morgan fingerprint density at radius 3 is 2.88 bits per heavy atom. The zero-order valence-corrected chi connectivity index (χ0v) is 9.52. The van der Waals surface area contributed by atoms with Gasteiger partial charge in [-0.3, -0.25) is 4.79 Å². The van der Waals surface area contributed by atoms with Crippen LogP contribution in [0.1, 0.15) is 25.0 Å². The van der Waals surface area contributed by atoms with Gasteiger partial charge in [0.1, 0.15) is 5.82 Å². The number of carbonyl (C=O) groups excluding carboxylic acids is 1. The predicted octanol–water partition coefficient (Wildman–Crippen LogP) is 1.41. The molecule has 1 aliphatic rings. The van der Waals surface area contributed by atoms with E-state index in [-0.39, 0.29) is 5.91 Å². The van der Waals surface area contributed by atoms with Crippen molar-refractivity contribution in [2.75, 3.05) is 5.32 Å². The molecule has 0 fully saturated rings. The summed E-state index contributed by atoms with van der Waals surface area (Å²) in [5, 5.41) is 11.2. The average Bonchev–Trinajstić information content (AvgIpc) is 2.48. The summed E-state index contributed by atoms with van der Waals surface area (Å²) < 4.78 is 0. The van der Waals surface area contributed by atoms with Crippen LogP contribution in [0.25, 0.3) is 6.08 Å². The Hall–Kier alpha value is -2.17. The van der Waals surface area contributed by atoms with Crippen molar-refractivity contribution in [1.82, 2.24) is 4.98 Å². The number of carbonyl (C=O) groups is 2. The third kappa shape index (κ3) is 1.91. The Labute approximate surface area is 98.2 Å². The lowest BCUT2D eigenvalue weighted by Gasteiger charge is -2.14. The zero-order valence-electron chi connectivity index (χ0n) is 9.52. The molecule has 0 saturated carbocycles. The fraction of sp³-hybridized carbons (Fsp3) is 0.250. The number of carboxylic acids is 1. The van der Waals surface area contributed by atoms with Crippen molar-refractivity contribution in [3.8, 4) is 0 Å². The van der Waals surface area contributed by atoms with Crippen molar-refractivity contribution in [3.05, 3.63) is 29.5 Å². The molecular weight excluding hydrogens is 220 g/mol. The van der Waals surface area contributed by atoms with Crippen LogP contribution in [-0.4, -0.2) is 22.0 Å². The SMILES string of the molecule is CC1(C)C(=O)Nc2ncc(/C=C/C(=O)O)cc21. The van der Waals surface area contributed by atoms with Crippen molar-refractivity contribution < 1.29 is 14.7 Å². The number of aliphatic carboxylic acids is 1. The zero-order chi connectivity index (χ0) is 12.6. The normalized spacial score (nSPS) is 16.9. The van der Waals surface area contributed by atoms with Crippen molar-refractivity contribution in [2.45, 2.75) is 19.3 Å². The second-order valence-electron chi connectivity index (χ2n) is 4.42. The molecule has 5 nitrogen and oxygen atoms in total. The summed E-state index contributed by atoms with van der Waals surface area (Å²) in [4.78, 5) is 26.2. The van der Waals surface area contributed by atoms with E-state index in [2.05, 4.69) is 10.3 Å². The van der Waals surface area contributed by atoms with E-state index in [0.717, 1.165) is 11.6 Å². The molecule has 1 amide bonds. The van der Waals surface area contributed by atoms with Crippen LogP contribution in [0.3, 0.4) is 0 Å². The number of hydrogen-bond donors (Lipinski definition) is 2. The number of nitrogens with one attached hydrogen (secondary N) is 1. The van der Waals surface area contributed by atoms with E-state index in [4.69, 9.17) is 5.11 Å². The van der Waals surface area contributed by atoms with E-state index < -0.39 is 11.4 Å². The van der Waals surface area contributed by atoms with Crippen molar-refractivity contribution in [1.29, 1.82) is 0 Å². The third-order valence-electron chi connectivity index (χ3n) is 2.80. The van der Waals surface area contributed by atoms with Gasteiger partial charge in [0.15, 0.2) is 0 Å². The molecule has 2 heterocycles. The summed E-state index contributed by atoms with van der Waals surface area (Å²) in [5.41, 5.74) is 0.820. The number of fused-ring (bicyclic) bond motifs is 1. The number of hydrogen-bond acceptors (Lipinski definition) is 3. The smallest absolute Gasteiger partial charge is 0.328 e. The molecule has 0 unspecified atom stereocenters. The second-order valence-corrected chi connectivity index (χ2v) is 4.42. The molecule has 1 aromatic rings. The molecule has 0 bridgehead atoms. The van der Waals surface area contributed by atoms with Crippen LogP contribution < -0.4 is 5.32 Å². The molecule has 88 valence electrons. The van der Waals surface area contributed by atoms with E-state index in [9.17, 15) is 9.59 Å².